The van der Waals surface area contributed by atoms with E-state index in [0.717, 1.165) is 13.1 Å². The molecule has 2 amide bonds. The zero-order valence-corrected chi connectivity index (χ0v) is 16.8. The first-order chi connectivity index (χ1) is 13.9. The molecule has 2 aliphatic rings. The minimum atomic E-state index is -0.395. The first-order valence-electron chi connectivity index (χ1n) is 10.1. The van der Waals surface area contributed by atoms with Gasteiger partial charge in [0.2, 0.25) is 11.8 Å². The number of benzene rings is 2. The van der Waals surface area contributed by atoms with Crippen molar-refractivity contribution in [2.75, 3.05) is 36.4 Å². The van der Waals surface area contributed by atoms with Crippen LogP contribution in [0.1, 0.15) is 17.5 Å². The molecule has 5 nitrogen and oxygen atoms in total. The molecule has 1 saturated carbocycles. The molecule has 0 bridgehead atoms. The zero-order valence-electron chi connectivity index (χ0n) is 16.8. The lowest BCUT2D eigenvalue weighted by atomic mass is 10.1. The van der Waals surface area contributed by atoms with Crippen LogP contribution in [0.2, 0.25) is 0 Å². The van der Waals surface area contributed by atoms with Crippen molar-refractivity contribution in [3.63, 3.8) is 0 Å². The maximum atomic E-state index is 13.3. The summed E-state index contributed by atoms with van der Waals surface area (Å²) in [5.41, 5.74) is 4.21. The second-order valence-electron chi connectivity index (χ2n) is 7.98. The molecule has 1 saturated heterocycles. The first-order valence-corrected chi connectivity index (χ1v) is 10.1. The number of hydrogen-bond acceptors (Lipinski definition) is 3. The van der Waals surface area contributed by atoms with Crippen molar-refractivity contribution in [1.82, 2.24) is 4.90 Å². The van der Waals surface area contributed by atoms with Gasteiger partial charge in [0, 0.05) is 37.6 Å². The van der Waals surface area contributed by atoms with E-state index in [0.29, 0.717) is 25.2 Å². The number of nitrogens with zero attached hydrogens (tertiary/aromatic N) is 2. The fourth-order valence-corrected chi connectivity index (χ4v) is 4.04. The van der Waals surface area contributed by atoms with Crippen molar-refractivity contribution in [2.45, 2.75) is 20.3 Å². The van der Waals surface area contributed by atoms with Crippen LogP contribution in [0.4, 0.5) is 15.8 Å². The minimum Gasteiger partial charge on any atom is -0.368 e. The van der Waals surface area contributed by atoms with E-state index in [2.05, 4.69) is 42.3 Å². The summed E-state index contributed by atoms with van der Waals surface area (Å²) < 4.78 is 13.3. The summed E-state index contributed by atoms with van der Waals surface area (Å²) >= 11 is 0. The van der Waals surface area contributed by atoms with Crippen LogP contribution in [0.15, 0.2) is 42.5 Å². The highest BCUT2D eigenvalue weighted by atomic mass is 19.1. The number of anilines is 2. The van der Waals surface area contributed by atoms with Crippen molar-refractivity contribution in [3.05, 3.63) is 59.4 Å². The van der Waals surface area contributed by atoms with Crippen LogP contribution in [0.5, 0.6) is 0 Å². The number of carbonyl (C=O) groups excluding carboxylic acids is 2. The minimum absolute atomic E-state index is 0.0602. The monoisotopic (exact) mass is 395 g/mol. The lowest BCUT2D eigenvalue weighted by Gasteiger charge is -2.37. The molecule has 2 fully saturated rings. The molecule has 0 aromatic heterocycles. The van der Waals surface area contributed by atoms with Crippen molar-refractivity contribution >= 4 is 23.2 Å². The third-order valence-electron chi connectivity index (χ3n) is 6.04. The lowest BCUT2D eigenvalue weighted by molar-refractivity contribution is -0.134. The molecule has 2 aromatic carbocycles. The van der Waals surface area contributed by atoms with Crippen LogP contribution in [-0.4, -0.2) is 42.9 Å². The van der Waals surface area contributed by atoms with Gasteiger partial charge in [-0.05, 0) is 55.7 Å². The summed E-state index contributed by atoms with van der Waals surface area (Å²) in [6, 6.07) is 12.1. The average molecular weight is 395 g/mol. The second-order valence-corrected chi connectivity index (χ2v) is 7.98. The fourth-order valence-electron chi connectivity index (χ4n) is 4.04. The van der Waals surface area contributed by atoms with Gasteiger partial charge in [0.1, 0.15) is 5.82 Å². The Bertz CT molecular complexity index is 937. The van der Waals surface area contributed by atoms with Crippen LogP contribution in [0, 0.1) is 31.5 Å². The molecule has 6 heteroatoms. The van der Waals surface area contributed by atoms with E-state index < -0.39 is 5.82 Å². The molecular weight excluding hydrogens is 369 g/mol. The van der Waals surface area contributed by atoms with E-state index in [9.17, 15) is 14.0 Å². The molecule has 4 rings (SSSR count). The highest BCUT2D eigenvalue weighted by Crippen LogP contribution is 2.41. The molecule has 1 heterocycles. The van der Waals surface area contributed by atoms with Crippen molar-refractivity contribution in [3.8, 4) is 0 Å². The number of amides is 2. The number of nitrogens with one attached hydrogen (secondary N) is 1. The van der Waals surface area contributed by atoms with E-state index in [1.807, 2.05) is 4.90 Å². The van der Waals surface area contributed by atoms with Gasteiger partial charge in [-0.25, -0.2) is 4.39 Å². The molecule has 1 aliphatic carbocycles. The van der Waals surface area contributed by atoms with Gasteiger partial charge in [-0.15, -0.1) is 0 Å². The summed E-state index contributed by atoms with van der Waals surface area (Å²) in [7, 11) is 0. The van der Waals surface area contributed by atoms with E-state index in [4.69, 9.17) is 0 Å². The molecule has 0 spiro atoms. The SMILES string of the molecule is Cc1cccc(N2CCN(C(=O)C3CC3C(=O)Nc3cccc(F)c3)CC2)c1C. The maximum Gasteiger partial charge on any atom is 0.228 e. The van der Waals surface area contributed by atoms with Gasteiger partial charge in [-0.2, -0.15) is 0 Å². The maximum absolute atomic E-state index is 13.3. The number of halogens is 1. The van der Waals surface area contributed by atoms with Gasteiger partial charge in [0.15, 0.2) is 0 Å². The second kappa shape index (κ2) is 7.85. The molecule has 2 atom stereocenters. The highest BCUT2D eigenvalue weighted by molar-refractivity contribution is 5.99. The van der Waals surface area contributed by atoms with Gasteiger partial charge >= 0.3 is 0 Å². The Hall–Kier alpha value is -2.89. The van der Waals surface area contributed by atoms with Gasteiger partial charge in [0.25, 0.3) is 0 Å². The predicted molar refractivity (Wildman–Crippen MR) is 111 cm³/mol. The molecule has 29 heavy (non-hydrogen) atoms. The quantitative estimate of drug-likeness (QED) is 0.864. The number of aryl methyl sites for hydroxylation is 1. The largest absolute Gasteiger partial charge is 0.368 e. The van der Waals surface area contributed by atoms with E-state index >= 15 is 0 Å². The Labute approximate surface area is 170 Å². The van der Waals surface area contributed by atoms with Gasteiger partial charge < -0.3 is 15.1 Å². The Kier molecular flexibility index (Phi) is 5.26. The van der Waals surface area contributed by atoms with Gasteiger partial charge in [0.05, 0.1) is 11.8 Å². The first kappa shape index (κ1) is 19.4. The van der Waals surface area contributed by atoms with Gasteiger partial charge in [-0.1, -0.05) is 18.2 Å². The molecule has 152 valence electrons. The molecule has 2 aromatic rings. The van der Waals surface area contributed by atoms with E-state index in [-0.39, 0.29) is 23.7 Å². The summed E-state index contributed by atoms with van der Waals surface area (Å²) in [6.45, 7) is 7.17. The summed E-state index contributed by atoms with van der Waals surface area (Å²) in [5, 5.41) is 2.71. The Morgan fingerprint density at radius 2 is 1.72 bits per heavy atom. The Morgan fingerprint density at radius 3 is 2.45 bits per heavy atom. The standard InChI is InChI=1S/C23H26FN3O2/c1-15-5-3-8-21(16(15)2)26-9-11-27(12-10-26)23(29)20-14-19(20)22(28)25-18-7-4-6-17(24)13-18/h3-8,13,19-20H,9-12,14H2,1-2H3,(H,25,28). The van der Waals surface area contributed by atoms with Crippen LogP contribution in [0.25, 0.3) is 0 Å². The van der Waals surface area contributed by atoms with Crippen LogP contribution in [0.3, 0.4) is 0 Å². The average Bonchev–Trinajstić information content (AvgIpc) is 3.51. The van der Waals surface area contributed by atoms with Crippen molar-refractivity contribution < 1.29 is 14.0 Å². The zero-order chi connectivity index (χ0) is 20.5. The Morgan fingerprint density at radius 1 is 1.00 bits per heavy atom. The predicted octanol–water partition coefficient (Wildman–Crippen LogP) is 3.37. The third kappa shape index (κ3) is 4.11. The third-order valence-corrected chi connectivity index (χ3v) is 6.04. The molecule has 1 aliphatic heterocycles. The lowest BCUT2D eigenvalue weighted by Crippen LogP contribution is -2.49. The van der Waals surface area contributed by atoms with Crippen LogP contribution < -0.4 is 10.2 Å². The number of hydrogen-bond donors (Lipinski definition) is 1. The molecule has 2 unspecified atom stereocenters. The fraction of sp³-hybridized carbons (Fsp3) is 0.391. The van der Waals surface area contributed by atoms with Crippen LogP contribution >= 0.6 is 0 Å². The molecule has 1 N–H and O–H groups in total. The highest BCUT2D eigenvalue weighted by Gasteiger charge is 2.49. The summed E-state index contributed by atoms with van der Waals surface area (Å²) in [5.74, 6) is -1.11. The normalized spacial score (nSPS) is 21.1. The van der Waals surface area contributed by atoms with E-state index in [1.165, 1.54) is 28.9 Å². The Balaban J connectivity index is 1.30. The topological polar surface area (TPSA) is 52.7 Å². The summed E-state index contributed by atoms with van der Waals surface area (Å²) in [6.07, 6.45) is 0.567. The molecule has 0 radical (unpaired) electrons. The van der Waals surface area contributed by atoms with Crippen molar-refractivity contribution in [1.29, 1.82) is 0 Å². The number of rotatable bonds is 4. The van der Waals surface area contributed by atoms with Crippen LogP contribution in [-0.2, 0) is 9.59 Å². The van der Waals surface area contributed by atoms with Crippen molar-refractivity contribution in [2.24, 2.45) is 11.8 Å². The molecular formula is C23H26FN3O2. The van der Waals surface area contributed by atoms with E-state index in [1.54, 1.807) is 12.1 Å². The summed E-state index contributed by atoms with van der Waals surface area (Å²) in [4.78, 5) is 29.4. The number of carbonyl (C=O) groups is 2. The smallest absolute Gasteiger partial charge is 0.228 e. The van der Waals surface area contributed by atoms with Gasteiger partial charge in [-0.3, -0.25) is 9.59 Å². The number of piperazine rings is 1.